The van der Waals surface area contributed by atoms with Crippen LogP contribution >= 0.6 is 15.9 Å². The molecule has 1 aromatic rings. The third-order valence-corrected chi connectivity index (χ3v) is 1.96. The molecule has 3 nitrogen and oxygen atoms in total. The minimum atomic E-state index is 0.819. The molecule has 1 rings (SSSR count). The fraction of sp³-hybridized carbons (Fsp3) is 0.500. The first-order valence-corrected chi connectivity index (χ1v) is 3.85. The van der Waals surface area contributed by atoms with Gasteiger partial charge >= 0.3 is 0 Å². The Morgan fingerprint density at radius 1 is 1.80 bits per heavy atom. The van der Waals surface area contributed by atoms with Crippen LogP contribution in [0, 0.1) is 0 Å². The first-order chi connectivity index (χ1) is 4.74. The molecule has 0 unspecified atom stereocenters. The smallest absolute Gasteiger partial charge is 0.177 e. The van der Waals surface area contributed by atoms with E-state index in [0.717, 1.165) is 17.0 Å². The van der Waals surface area contributed by atoms with Gasteiger partial charge in [0.25, 0.3) is 0 Å². The largest absolute Gasteiger partial charge is 0.328 e. The highest BCUT2D eigenvalue weighted by Gasteiger charge is 1.98. The van der Waals surface area contributed by atoms with Crippen LogP contribution in [0.5, 0.6) is 0 Å². The SMILES string of the molecule is CNCc1cn(C)c(Br)n1. The van der Waals surface area contributed by atoms with Crippen LogP contribution in [0.3, 0.4) is 0 Å². The zero-order chi connectivity index (χ0) is 7.56. The molecular formula is C6H10BrN3. The van der Waals surface area contributed by atoms with Crippen molar-refractivity contribution in [3.8, 4) is 0 Å². The number of nitrogens with one attached hydrogen (secondary N) is 1. The van der Waals surface area contributed by atoms with E-state index in [4.69, 9.17) is 0 Å². The summed E-state index contributed by atoms with van der Waals surface area (Å²) < 4.78 is 2.81. The van der Waals surface area contributed by atoms with E-state index in [1.54, 1.807) is 0 Å². The molecule has 10 heavy (non-hydrogen) atoms. The van der Waals surface area contributed by atoms with Crippen molar-refractivity contribution in [1.82, 2.24) is 14.9 Å². The Balaban J connectivity index is 2.77. The Hall–Kier alpha value is -0.350. The Labute approximate surface area is 68.6 Å². The van der Waals surface area contributed by atoms with Crippen molar-refractivity contribution in [2.75, 3.05) is 7.05 Å². The number of aryl methyl sites for hydroxylation is 1. The molecule has 1 aromatic heterocycles. The van der Waals surface area contributed by atoms with Gasteiger partial charge in [0.2, 0.25) is 0 Å². The molecule has 0 spiro atoms. The second kappa shape index (κ2) is 3.16. The van der Waals surface area contributed by atoms with E-state index < -0.39 is 0 Å². The molecule has 0 saturated heterocycles. The Morgan fingerprint density at radius 3 is 2.90 bits per heavy atom. The lowest BCUT2D eigenvalue weighted by Gasteiger charge is -1.89. The van der Waals surface area contributed by atoms with Crippen molar-refractivity contribution in [2.45, 2.75) is 6.54 Å². The lowest BCUT2D eigenvalue weighted by Crippen LogP contribution is -2.04. The van der Waals surface area contributed by atoms with E-state index in [-0.39, 0.29) is 0 Å². The second-order valence-corrected chi connectivity index (χ2v) is 2.85. The highest BCUT2D eigenvalue weighted by atomic mass is 79.9. The van der Waals surface area contributed by atoms with Gasteiger partial charge in [-0.2, -0.15) is 0 Å². The number of rotatable bonds is 2. The summed E-state index contributed by atoms with van der Waals surface area (Å²) >= 11 is 3.31. The predicted molar refractivity (Wildman–Crippen MR) is 43.7 cm³/mol. The molecule has 0 aliphatic carbocycles. The van der Waals surface area contributed by atoms with Gasteiger partial charge in [-0.3, -0.25) is 0 Å². The van der Waals surface area contributed by atoms with Gasteiger partial charge in [0.05, 0.1) is 5.69 Å². The zero-order valence-electron chi connectivity index (χ0n) is 6.06. The molecule has 4 heteroatoms. The van der Waals surface area contributed by atoms with Gasteiger partial charge in [0, 0.05) is 19.8 Å². The van der Waals surface area contributed by atoms with Gasteiger partial charge in [-0.05, 0) is 23.0 Å². The lowest BCUT2D eigenvalue weighted by atomic mass is 10.5. The first kappa shape index (κ1) is 7.75. The molecule has 56 valence electrons. The van der Waals surface area contributed by atoms with Crippen molar-refractivity contribution in [3.63, 3.8) is 0 Å². The first-order valence-electron chi connectivity index (χ1n) is 3.06. The van der Waals surface area contributed by atoms with Gasteiger partial charge in [0.1, 0.15) is 0 Å². The normalized spacial score (nSPS) is 10.3. The van der Waals surface area contributed by atoms with E-state index in [1.807, 2.05) is 24.9 Å². The maximum absolute atomic E-state index is 4.22. The summed E-state index contributed by atoms with van der Waals surface area (Å²) in [6.07, 6.45) is 1.99. The number of imidazole rings is 1. The minimum absolute atomic E-state index is 0.819. The van der Waals surface area contributed by atoms with Gasteiger partial charge in [0.15, 0.2) is 4.73 Å². The quantitative estimate of drug-likeness (QED) is 0.775. The lowest BCUT2D eigenvalue weighted by molar-refractivity contribution is 0.795. The fourth-order valence-corrected chi connectivity index (χ4v) is 1.10. The highest BCUT2D eigenvalue weighted by Crippen LogP contribution is 2.07. The monoisotopic (exact) mass is 203 g/mol. The number of aromatic nitrogens is 2. The topological polar surface area (TPSA) is 29.9 Å². The summed E-state index contributed by atoms with van der Waals surface area (Å²) in [5.74, 6) is 0. The molecule has 0 aliphatic heterocycles. The van der Waals surface area contributed by atoms with Crippen molar-refractivity contribution < 1.29 is 0 Å². The maximum Gasteiger partial charge on any atom is 0.177 e. The molecule has 0 atom stereocenters. The summed E-state index contributed by atoms with van der Waals surface area (Å²) in [7, 11) is 3.86. The van der Waals surface area contributed by atoms with Crippen molar-refractivity contribution in [2.24, 2.45) is 7.05 Å². The fourth-order valence-electron chi connectivity index (χ4n) is 0.769. The summed E-state index contributed by atoms with van der Waals surface area (Å²) in [5, 5.41) is 3.03. The highest BCUT2D eigenvalue weighted by molar-refractivity contribution is 9.10. The Bertz CT molecular complexity index is 199. The van der Waals surface area contributed by atoms with Crippen LogP contribution in [0.2, 0.25) is 0 Å². The summed E-state index contributed by atoms with van der Waals surface area (Å²) in [6.45, 7) is 0.819. The van der Waals surface area contributed by atoms with Crippen LogP contribution in [-0.4, -0.2) is 16.6 Å². The average Bonchev–Trinajstić information content (AvgIpc) is 2.14. The van der Waals surface area contributed by atoms with Crippen molar-refractivity contribution in [3.05, 3.63) is 16.6 Å². The van der Waals surface area contributed by atoms with Crippen molar-refractivity contribution in [1.29, 1.82) is 0 Å². The molecule has 1 heterocycles. The number of nitrogens with zero attached hydrogens (tertiary/aromatic N) is 2. The van der Waals surface area contributed by atoms with Crippen LogP contribution in [0.25, 0.3) is 0 Å². The molecule has 0 fully saturated rings. The van der Waals surface area contributed by atoms with E-state index in [9.17, 15) is 0 Å². The van der Waals surface area contributed by atoms with Crippen molar-refractivity contribution >= 4 is 15.9 Å². The summed E-state index contributed by atoms with van der Waals surface area (Å²) in [5.41, 5.74) is 1.05. The predicted octanol–water partition coefficient (Wildman–Crippen LogP) is 0.902. The average molecular weight is 204 g/mol. The third-order valence-electron chi connectivity index (χ3n) is 1.23. The second-order valence-electron chi connectivity index (χ2n) is 2.14. The molecule has 0 aromatic carbocycles. The third kappa shape index (κ3) is 1.58. The number of halogens is 1. The Morgan fingerprint density at radius 2 is 2.50 bits per heavy atom. The number of hydrogen-bond donors (Lipinski definition) is 1. The summed E-state index contributed by atoms with van der Waals surface area (Å²) in [6, 6.07) is 0. The minimum Gasteiger partial charge on any atom is -0.328 e. The maximum atomic E-state index is 4.22. The van der Waals surface area contributed by atoms with Crippen LogP contribution < -0.4 is 5.32 Å². The van der Waals surface area contributed by atoms with Crippen LogP contribution in [0.4, 0.5) is 0 Å². The zero-order valence-corrected chi connectivity index (χ0v) is 7.64. The summed E-state index contributed by atoms with van der Waals surface area (Å²) in [4.78, 5) is 4.22. The standard InChI is InChI=1S/C6H10BrN3/c1-8-3-5-4-10(2)6(7)9-5/h4,8H,3H2,1-2H3. The molecular weight excluding hydrogens is 194 g/mol. The molecule has 0 radical (unpaired) electrons. The molecule has 0 bridgehead atoms. The van der Waals surface area contributed by atoms with Gasteiger partial charge in [-0.15, -0.1) is 0 Å². The van der Waals surface area contributed by atoms with Crippen LogP contribution in [-0.2, 0) is 13.6 Å². The molecule has 0 saturated carbocycles. The van der Waals surface area contributed by atoms with Gasteiger partial charge in [-0.25, -0.2) is 4.98 Å². The molecule has 0 amide bonds. The van der Waals surface area contributed by atoms with E-state index >= 15 is 0 Å². The number of hydrogen-bond acceptors (Lipinski definition) is 2. The van der Waals surface area contributed by atoms with Crippen LogP contribution in [0.1, 0.15) is 5.69 Å². The van der Waals surface area contributed by atoms with Crippen LogP contribution in [0.15, 0.2) is 10.9 Å². The molecule has 0 aliphatic rings. The molecule has 1 N–H and O–H groups in total. The van der Waals surface area contributed by atoms with E-state index in [0.29, 0.717) is 0 Å². The van der Waals surface area contributed by atoms with Gasteiger partial charge in [-0.1, -0.05) is 0 Å². The van der Waals surface area contributed by atoms with E-state index in [1.165, 1.54) is 0 Å². The van der Waals surface area contributed by atoms with E-state index in [2.05, 4.69) is 26.2 Å². The Kier molecular flexibility index (Phi) is 2.45. The van der Waals surface area contributed by atoms with Gasteiger partial charge < -0.3 is 9.88 Å².